The number of alkyl halides is 3. The van der Waals surface area contributed by atoms with Crippen LogP contribution < -0.4 is 4.90 Å². The van der Waals surface area contributed by atoms with Crippen LogP contribution in [0.2, 0.25) is 0 Å². The van der Waals surface area contributed by atoms with Crippen LogP contribution in [0.25, 0.3) is 0 Å². The standard InChI is InChI=1S/C21H29F3N4O/c1-26-10-8-18(9-11-26)28(17-3-4-17)20(29)15-6-12-27(13-7-15)19-5-2-16(14-25-19)21(22,23)24/h2,5,14-15,17-18H,3-4,6-13H2,1H3. The first-order chi connectivity index (χ1) is 13.8. The molecular weight excluding hydrogens is 381 g/mol. The lowest BCUT2D eigenvalue weighted by atomic mass is 9.93. The van der Waals surface area contributed by atoms with Gasteiger partial charge in [-0.15, -0.1) is 0 Å². The maximum atomic E-state index is 13.3. The van der Waals surface area contributed by atoms with E-state index in [4.69, 9.17) is 0 Å². The number of carbonyl (C=O) groups is 1. The van der Waals surface area contributed by atoms with Crippen LogP contribution >= 0.6 is 0 Å². The average molecular weight is 410 g/mol. The summed E-state index contributed by atoms with van der Waals surface area (Å²) in [4.78, 5) is 23.8. The number of rotatable bonds is 4. The van der Waals surface area contributed by atoms with Crippen molar-refractivity contribution in [3.63, 3.8) is 0 Å². The van der Waals surface area contributed by atoms with Gasteiger partial charge in [0.05, 0.1) is 5.56 Å². The fraction of sp³-hybridized carbons (Fsp3) is 0.714. The highest BCUT2D eigenvalue weighted by molar-refractivity contribution is 5.80. The van der Waals surface area contributed by atoms with Gasteiger partial charge in [0, 0.05) is 37.3 Å². The highest BCUT2D eigenvalue weighted by Crippen LogP contribution is 2.35. The molecule has 0 atom stereocenters. The van der Waals surface area contributed by atoms with Crippen molar-refractivity contribution in [3.05, 3.63) is 23.9 Å². The van der Waals surface area contributed by atoms with E-state index in [1.165, 1.54) is 6.07 Å². The minimum atomic E-state index is -4.37. The van der Waals surface area contributed by atoms with Crippen molar-refractivity contribution in [1.29, 1.82) is 0 Å². The molecule has 1 aliphatic carbocycles. The summed E-state index contributed by atoms with van der Waals surface area (Å²) in [6.07, 6.45) is 2.32. The summed E-state index contributed by atoms with van der Waals surface area (Å²) < 4.78 is 38.2. The number of hydrogen-bond acceptors (Lipinski definition) is 4. The molecule has 3 aliphatic rings. The van der Waals surface area contributed by atoms with Crippen molar-refractivity contribution in [2.75, 3.05) is 38.1 Å². The summed E-state index contributed by atoms with van der Waals surface area (Å²) in [5.41, 5.74) is -0.732. The fourth-order valence-corrected chi connectivity index (χ4v) is 4.59. The zero-order valence-corrected chi connectivity index (χ0v) is 16.9. The molecule has 0 spiro atoms. The Morgan fingerprint density at radius 2 is 1.62 bits per heavy atom. The topological polar surface area (TPSA) is 39.7 Å². The minimum Gasteiger partial charge on any atom is -0.357 e. The molecule has 0 aromatic carbocycles. The number of carbonyl (C=O) groups excluding carboxylic acids is 1. The van der Waals surface area contributed by atoms with Crippen molar-refractivity contribution in [2.24, 2.45) is 5.92 Å². The molecule has 0 bridgehead atoms. The van der Waals surface area contributed by atoms with Gasteiger partial charge in [-0.25, -0.2) is 4.98 Å². The molecule has 8 heteroatoms. The van der Waals surface area contributed by atoms with E-state index in [9.17, 15) is 18.0 Å². The van der Waals surface area contributed by atoms with Crippen LogP contribution in [-0.4, -0.2) is 66.0 Å². The predicted octanol–water partition coefficient (Wildman–Crippen LogP) is 3.40. The van der Waals surface area contributed by atoms with Gasteiger partial charge in [0.1, 0.15) is 5.82 Å². The number of aromatic nitrogens is 1. The third kappa shape index (κ3) is 4.68. The van der Waals surface area contributed by atoms with Gasteiger partial charge in [-0.2, -0.15) is 13.2 Å². The first-order valence-corrected chi connectivity index (χ1v) is 10.6. The molecule has 1 saturated carbocycles. The van der Waals surface area contributed by atoms with Gasteiger partial charge in [0.15, 0.2) is 0 Å². The molecule has 5 nitrogen and oxygen atoms in total. The number of amides is 1. The molecule has 3 fully saturated rings. The van der Waals surface area contributed by atoms with Gasteiger partial charge in [-0.1, -0.05) is 0 Å². The smallest absolute Gasteiger partial charge is 0.357 e. The van der Waals surface area contributed by atoms with Crippen LogP contribution in [0.1, 0.15) is 44.1 Å². The molecular formula is C21H29F3N4O. The summed E-state index contributed by atoms with van der Waals surface area (Å²) in [6.45, 7) is 3.39. The average Bonchev–Trinajstić information content (AvgIpc) is 3.54. The summed E-state index contributed by atoms with van der Waals surface area (Å²) in [7, 11) is 2.13. The molecule has 1 aromatic rings. The van der Waals surface area contributed by atoms with Crippen molar-refractivity contribution < 1.29 is 18.0 Å². The summed E-state index contributed by atoms with van der Waals surface area (Å²) in [5.74, 6) is 0.862. The molecule has 0 unspecified atom stereocenters. The SMILES string of the molecule is CN1CCC(N(C(=O)C2CCN(c3ccc(C(F)(F)F)cn3)CC2)C2CC2)CC1. The number of anilines is 1. The molecule has 3 heterocycles. The van der Waals surface area contributed by atoms with Crippen LogP contribution in [0.5, 0.6) is 0 Å². The quantitative estimate of drug-likeness (QED) is 0.763. The third-order valence-corrected chi connectivity index (χ3v) is 6.52. The van der Waals surface area contributed by atoms with E-state index in [2.05, 4.69) is 21.8 Å². The van der Waals surface area contributed by atoms with Crippen molar-refractivity contribution >= 4 is 11.7 Å². The molecule has 2 aliphatic heterocycles. The van der Waals surface area contributed by atoms with E-state index in [-0.39, 0.29) is 5.92 Å². The monoisotopic (exact) mass is 410 g/mol. The van der Waals surface area contributed by atoms with Gasteiger partial charge in [-0.05, 0) is 70.8 Å². The van der Waals surface area contributed by atoms with E-state index in [0.29, 0.717) is 36.9 Å². The number of nitrogens with zero attached hydrogens (tertiary/aromatic N) is 4. The normalized spacial score (nSPS) is 22.7. The maximum Gasteiger partial charge on any atom is 0.417 e. The van der Waals surface area contributed by atoms with Gasteiger partial charge >= 0.3 is 6.18 Å². The third-order valence-electron chi connectivity index (χ3n) is 6.52. The van der Waals surface area contributed by atoms with Gasteiger partial charge in [0.2, 0.25) is 5.91 Å². The second kappa shape index (κ2) is 8.13. The molecule has 1 aromatic heterocycles. The second-order valence-electron chi connectivity index (χ2n) is 8.68. The van der Waals surface area contributed by atoms with Crippen LogP contribution in [-0.2, 0) is 11.0 Å². The number of halogens is 3. The Labute approximate surface area is 169 Å². The number of hydrogen-bond donors (Lipinski definition) is 0. The van der Waals surface area contributed by atoms with Gasteiger partial charge < -0.3 is 14.7 Å². The predicted molar refractivity (Wildman–Crippen MR) is 105 cm³/mol. The Hall–Kier alpha value is -1.83. The Morgan fingerprint density at radius 3 is 2.14 bits per heavy atom. The first kappa shape index (κ1) is 20.4. The lowest BCUT2D eigenvalue weighted by molar-refractivity contribution is -0.140. The number of likely N-dealkylation sites (tertiary alicyclic amines) is 1. The Bertz CT molecular complexity index is 704. The molecule has 4 rings (SSSR count). The van der Waals surface area contributed by atoms with Gasteiger partial charge in [0.25, 0.3) is 0 Å². The Balaban J connectivity index is 1.35. The lowest BCUT2D eigenvalue weighted by Gasteiger charge is -2.41. The fourth-order valence-electron chi connectivity index (χ4n) is 4.59. The zero-order valence-electron chi connectivity index (χ0n) is 16.9. The molecule has 0 radical (unpaired) electrons. The van der Waals surface area contributed by atoms with E-state index >= 15 is 0 Å². The van der Waals surface area contributed by atoms with Crippen LogP contribution in [0.4, 0.5) is 19.0 Å². The largest absolute Gasteiger partial charge is 0.417 e. The Morgan fingerprint density at radius 1 is 1.00 bits per heavy atom. The summed E-state index contributed by atoms with van der Waals surface area (Å²) >= 11 is 0. The number of piperidine rings is 2. The molecule has 29 heavy (non-hydrogen) atoms. The maximum absolute atomic E-state index is 13.3. The highest BCUT2D eigenvalue weighted by atomic mass is 19.4. The minimum absolute atomic E-state index is 0.0148. The summed E-state index contributed by atoms with van der Waals surface area (Å²) in [6, 6.07) is 3.29. The first-order valence-electron chi connectivity index (χ1n) is 10.6. The molecule has 2 saturated heterocycles. The number of pyridine rings is 1. The molecule has 0 N–H and O–H groups in total. The second-order valence-corrected chi connectivity index (χ2v) is 8.68. The van der Waals surface area contributed by atoms with E-state index in [0.717, 1.165) is 63.9 Å². The van der Waals surface area contributed by atoms with E-state index in [1.54, 1.807) is 0 Å². The van der Waals surface area contributed by atoms with Crippen molar-refractivity contribution in [1.82, 2.24) is 14.8 Å². The van der Waals surface area contributed by atoms with Crippen LogP contribution in [0.3, 0.4) is 0 Å². The summed E-state index contributed by atoms with van der Waals surface area (Å²) in [5, 5.41) is 0. The molecule has 160 valence electrons. The van der Waals surface area contributed by atoms with E-state index < -0.39 is 11.7 Å². The van der Waals surface area contributed by atoms with Gasteiger partial charge in [-0.3, -0.25) is 4.79 Å². The molecule has 1 amide bonds. The van der Waals surface area contributed by atoms with Crippen molar-refractivity contribution in [3.8, 4) is 0 Å². The van der Waals surface area contributed by atoms with Crippen molar-refractivity contribution in [2.45, 2.75) is 56.8 Å². The highest BCUT2D eigenvalue weighted by Gasteiger charge is 2.41. The van der Waals surface area contributed by atoms with E-state index in [1.807, 2.05) is 4.90 Å². The Kier molecular flexibility index (Phi) is 5.73. The zero-order chi connectivity index (χ0) is 20.6. The van der Waals surface area contributed by atoms with Crippen LogP contribution in [0, 0.1) is 5.92 Å². The lowest BCUT2D eigenvalue weighted by Crippen LogP contribution is -2.51. The van der Waals surface area contributed by atoms with Crippen LogP contribution in [0.15, 0.2) is 18.3 Å².